The van der Waals surface area contributed by atoms with Gasteiger partial charge in [0.05, 0.1) is 0 Å². The molecule has 0 aliphatic rings. The number of rotatable bonds is 4. The van der Waals surface area contributed by atoms with Crippen molar-refractivity contribution in [2.45, 2.75) is 40.7 Å². The predicted molar refractivity (Wildman–Crippen MR) is 72.9 cm³/mol. The third-order valence-electron chi connectivity index (χ3n) is 2.44. The van der Waals surface area contributed by atoms with E-state index in [-0.39, 0.29) is 11.5 Å². The first-order valence-corrected chi connectivity index (χ1v) is 5.71. The number of allylic oxidation sites excluding steroid dienone is 4. The van der Waals surface area contributed by atoms with E-state index in [1.807, 2.05) is 13.0 Å². The Labute approximate surface area is 101 Å². The molecule has 0 aromatic heterocycles. The van der Waals surface area contributed by atoms with Gasteiger partial charge in [-0.3, -0.25) is 0 Å². The van der Waals surface area contributed by atoms with Gasteiger partial charge in [0.15, 0.2) is 0 Å². The highest BCUT2D eigenvalue weighted by Gasteiger charge is 2.21. The second-order valence-electron chi connectivity index (χ2n) is 5.26. The smallest absolute Gasteiger partial charge is 0.0215 e. The molecule has 0 saturated heterocycles. The average Bonchev–Trinajstić information content (AvgIpc) is 2.11. The lowest BCUT2D eigenvalue weighted by atomic mass is 9.89. The Balaban J connectivity index is 5.22. The molecule has 2 nitrogen and oxygen atoms in total. The molecule has 0 heterocycles. The van der Waals surface area contributed by atoms with Crippen molar-refractivity contribution < 1.29 is 0 Å². The molecule has 16 heavy (non-hydrogen) atoms. The van der Waals surface area contributed by atoms with Crippen molar-refractivity contribution >= 4 is 0 Å². The maximum absolute atomic E-state index is 5.86. The maximum Gasteiger partial charge on any atom is 0.0215 e. The van der Waals surface area contributed by atoms with E-state index in [9.17, 15) is 0 Å². The van der Waals surface area contributed by atoms with Gasteiger partial charge in [-0.25, -0.2) is 0 Å². The molecule has 0 fully saturated rings. The van der Waals surface area contributed by atoms with Gasteiger partial charge in [-0.2, -0.15) is 0 Å². The zero-order chi connectivity index (χ0) is 12.9. The molecule has 0 aliphatic carbocycles. The van der Waals surface area contributed by atoms with Crippen LogP contribution in [0.2, 0.25) is 0 Å². The van der Waals surface area contributed by atoms with E-state index in [0.29, 0.717) is 0 Å². The van der Waals surface area contributed by atoms with Crippen LogP contribution >= 0.6 is 0 Å². The van der Waals surface area contributed by atoms with Crippen LogP contribution in [-0.2, 0) is 0 Å². The standard InChI is InChI=1S/C14H26N2/c1-8-9-12(3)16(7)13(10-11(2)15)14(4,5)6/h8-11H,1,15H2,2-7H3/b12-9+,13-10-. The highest BCUT2D eigenvalue weighted by molar-refractivity contribution is 5.20. The Morgan fingerprint density at radius 3 is 2.19 bits per heavy atom. The van der Waals surface area contributed by atoms with Crippen molar-refractivity contribution in [3.8, 4) is 0 Å². The Morgan fingerprint density at radius 2 is 1.88 bits per heavy atom. The van der Waals surface area contributed by atoms with Crippen molar-refractivity contribution in [2.24, 2.45) is 11.1 Å². The molecule has 0 saturated carbocycles. The number of nitrogens with two attached hydrogens (primary N) is 1. The second kappa shape index (κ2) is 5.90. The van der Waals surface area contributed by atoms with Crippen molar-refractivity contribution in [3.05, 3.63) is 36.2 Å². The molecular weight excluding hydrogens is 196 g/mol. The zero-order valence-electron chi connectivity index (χ0n) is 11.5. The fourth-order valence-corrected chi connectivity index (χ4v) is 1.59. The Hall–Kier alpha value is -1.02. The van der Waals surface area contributed by atoms with Crippen molar-refractivity contribution in [1.29, 1.82) is 0 Å². The third kappa shape index (κ3) is 4.67. The van der Waals surface area contributed by atoms with Crippen molar-refractivity contribution in [2.75, 3.05) is 7.05 Å². The summed E-state index contributed by atoms with van der Waals surface area (Å²) in [5.41, 5.74) is 8.34. The van der Waals surface area contributed by atoms with Gasteiger partial charge in [-0.1, -0.05) is 33.4 Å². The molecule has 0 radical (unpaired) electrons. The van der Waals surface area contributed by atoms with Crippen LogP contribution in [0.4, 0.5) is 0 Å². The molecule has 1 unspecified atom stereocenters. The van der Waals surface area contributed by atoms with Gasteiger partial charge in [0.2, 0.25) is 0 Å². The van der Waals surface area contributed by atoms with Gasteiger partial charge < -0.3 is 10.6 Å². The first-order chi connectivity index (χ1) is 7.20. The molecule has 0 rings (SSSR count). The number of hydrogen-bond acceptors (Lipinski definition) is 2. The highest BCUT2D eigenvalue weighted by Crippen LogP contribution is 2.29. The summed E-state index contributed by atoms with van der Waals surface area (Å²) in [7, 11) is 2.06. The minimum Gasteiger partial charge on any atom is -0.352 e. The fraction of sp³-hybridized carbons (Fsp3) is 0.571. The Kier molecular flexibility index (Phi) is 5.52. The fourth-order valence-electron chi connectivity index (χ4n) is 1.59. The van der Waals surface area contributed by atoms with Crippen LogP contribution in [-0.4, -0.2) is 18.0 Å². The summed E-state index contributed by atoms with van der Waals surface area (Å²) < 4.78 is 0. The second-order valence-corrected chi connectivity index (χ2v) is 5.26. The van der Waals surface area contributed by atoms with Gasteiger partial charge in [-0.15, -0.1) is 0 Å². The summed E-state index contributed by atoms with van der Waals surface area (Å²) in [5.74, 6) is 0. The van der Waals surface area contributed by atoms with Crippen LogP contribution < -0.4 is 5.73 Å². The van der Waals surface area contributed by atoms with Gasteiger partial charge in [0, 0.05) is 29.9 Å². The summed E-state index contributed by atoms with van der Waals surface area (Å²) in [5, 5.41) is 0. The lowest BCUT2D eigenvalue weighted by molar-refractivity contribution is 0.355. The highest BCUT2D eigenvalue weighted by atomic mass is 15.1. The molecule has 0 spiro atoms. The van der Waals surface area contributed by atoms with E-state index in [4.69, 9.17) is 5.73 Å². The van der Waals surface area contributed by atoms with E-state index in [0.717, 1.165) is 5.70 Å². The summed E-state index contributed by atoms with van der Waals surface area (Å²) in [6.45, 7) is 14.4. The Morgan fingerprint density at radius 1 is 1.38 bits per heavy atom. The first kappa shape index (κ1) is 15.0. The topological polar surface area (TPSA) is 29.3 Å². The van der Waals surface area contributed by atoms with Gasteiger partial charge in [0.25, 0.3) is 0 Å². The molecule has 0 aromatic rings. The van der Waals surface area contributed by atoms with Crippen molar-refractivity contribution in [1.82, 2.24) is 4.90 Å². The molecule has 0 aliphatic heterocycles. The average molecular weight is 222 g/mol. The van der Waals surface area contributed by atoms with Gasteiger partial charge >= 0.3 is 0 Å². The molecule has 92 valence electrons. The molecule has 0 bridgehead atoms. The third-order valence-corrected chi connectivity index (χ3v) is 2.44. The van der Waals surface area contributed by atoms with E-state index in [2.05, 4.69) is 52.3 Å². The lowest BCUT2D eigenvalue weighted by Crippen LogP contribution is -2.28. The summed E-state index contributed by atoms with van der Waals surface area (Å²) in [6, 6.07) is 0.0632. The normalized spacial score (nSPS) is 15.9. The summed E-state index contributed by atoms with van der Waals surface area (Å²) in [6.07, 6.45) is 5.92. The molecule has 2 N–H and O–H groups in total. The van der Waals surface area contributed by atoms with E-state index < -0.39 is 0 Å². The largest absolute Gasteiger partial charge is 0.352 e. The lowest BCUT2D eigenvalue weighted by Gasteiger charge is -2.33. The van der Waals surface area contributed by atoms with E-state index in [1.54, 1.807) is 6.08 Å². The predicted octanol–water partition coefficient (Wildman–Crippen LogP) is 3.29. The zero-order valence-corrected chi connectivity index (χ0v) is 11.5. The molecule has 2 heteroatoms. The SMILES string of the molecule is C=C/C=C(\C)N(C)/C(=C\C(C)N)C(C)(C)C. The van der Waals surface area contributed by atoms with Gasteiger partial charge in [0.1, 0.15) is 0 Å². The number of hydrogen-bond donors (Lipinski definition) is 1. The molecule has 1 atom stereocenters. The summed E-state index contributed by atoms with van der Waals surface area (Å²) in [4.78, 5) is 2.17. The van der Waals surface area contributed by atoms with Crippen LogP contribution in [0.15, 0.2) is 36.2 Å². The minimum atomic E-state index is 0.0632. The van der Waals surface area contributed by atoms with Crippen LogP contribution in [0, 0.1) is 5.41 Å². The Bertz CT molecular complexity index is 290. The van der Waals surface area contributed by atoms with E-state index in [1.165, 1.54) is 5.70 Å². The molecule has 0 aromatic carbocycles. The van der Waals surface area contributed by atoms with Crippen LogP contribution in [0.25, 0.3) is 0 Å². The molecule has 0 amide bonds. The number of nitrogens with zero attached hydrogens (tertiary/aromatic N) is 1. The molecular formula is C14H26N2. The van der Waals surface area contributed by atoms with Crippen LogP contribution in [0.3, 0.4) is 0 Å². The van der Waals surface area contributed by atoms with Crippen LogP contribution in [0.1, 0.15) is 34.6 Å². The van der Waals surface area contributed by atoms with Crippen LogP contribution in [0.5, 0.6) is 0 Å². The quantitative estimate of drug-likeness (QED) is 0.740. The minimum absolute atomic E-state index is 0.0632. The van der Waals surface area contributed by atoms with Crippen molar-refractivity contribution in [3.63, 3.8) is 0 Å². The maximum atomic E-state index is 5.86. The van der Waals surface area contributed by atoms with Gasteiger partial charge in [-0.05, 0) is 26.0 Å². The first-order valence-electron chi connectivity index (χ1n) is 5.71. The summed E-state index contributed by atoms with van der Waals surface area (Å²) >= 11 is 0. The van der Waals surface area contributed by atoms with E-state index >= 15 is 0 Å². The monoisotopic (exact) mass is 222 g/mol.